The summed E-state index contributed by atoms with van der Waals surface area (Å²) in [4.78, 5) is 28.8. The van der Waals surface area contributed by atoms with E-state index in [2.05, 4.69) is 12.2 Å². The lowest BCUT2D eigenvalue weighted by Gasteiger charge is -2.41. The van der Waals surface area contributed by atoms with Crippen molar-refractivity contribution in [1.29, 1.82) is 0 Å². The number of unbranched alkanes of at least 4 members (excludes halogenated alkanes) is 4. The van der Waals surface area contributed by atoms with Crippen LogP contribution in [-0.2, 0) is 16.0 Å². The van der Waals surface area contributed by atoms with Gasteiger partial charge in [-0.25, -0.2) is 0 Å². The van der Waals surface area contributed by atoms with Crippen LogP contribution in [0.5, 0.6) is 11.5 Å². The maximum absolute atomic E-state index is 13.7. The van der Waals surface area contributed by atoms with E-state index in [1.165, 1.54) is 0 Å². The van der Waals surface area contributed by atoms with Crippen molar-refractivity contribution in [1.82, 2.24) is 10.2 Å². The highest BCUT2D eigenvalue weighted by Gasteiger charge is 2.50. The SMILES string of the molecule is CCCCCCCC(=O)N(CCc1ccccc1OC)C1C=C(C(=O)NCCO)C2c3ccccc3OC2C1O. The zero-order valence-electron chi connectivity index (χ0n) is 23.6. The van der Waals surface area contributed by atoms with Gasteiger partial charge in [0.2, 0.25) is 11.8 Å². The van der Waals surface area contributed by atoms with Crippen LogP contribution in [0.1, 0.15) is 62.5 Å². The lowest BCUT2D eigenvalue weighted by Crippen LogP contribution is -2.56. The van der Waals surface area contributed by atoms with Gasteiger partial charge in [0.15, 0.2) is 0 Å². The van der Waals surface area contributed by atoms with Crippen molar-refractivity contribution in [3.8, 4) is 11.5 Å². The normalized spacial score (nSPS) is 21.1. The van der Waals surface area contributed by atoms with E-state index in [1.807, 2.05) is 48.5 Å². The number of nitrogens with zero attached hydrogens (tertiary/aromatic N) is 1. The first-order valence-electron chi connectivity index (χ1n) is 14.5. The number of carbonyl (C=O) groups is 2. The smallest absolute Gasteiger partial charge is 0.247 e. The fraction of sp³-hybridized carbons (Fsp3) is 0.500. The second kappa shape index (κ2) is 14.3. The first kappa shape index (κ1) is 29.6. The van der Waals surface area contributed by atoms with Gasteiger partial charge in [-0.1, -0.05) is 69.0 Å². The number of aliphatic hydroxyl groups excluding tert-OH is 2. The molecule has 1 aliphatic carbocycles. The van der Waals surface area contributed by atoms with Crippen LogP contribution in [0.25, 0.3) is 0 Å². The molecule has 4 atom stereocenters. The number of para-hydroxylation sites is 2. The number of rotatable bonds is 14. The van der Waals surface area contributed by atoms with E-state index in [1.54, 1.807) is 18.1 Å². The third kappa shape index (κ3) is 6.67. The van der Waals surface area contributed by atoms with Gasteiger partial charge in [0.1, 0.15) is 23.7 Å². The number of carbonyl (C=O) groups excluding carboxylic acids is 2. The van der Waals surface area contributed by atoms with Gasteiger partial charge in [0.05, 0.1) is 25.7 Å². The first-order chi connectivity index (χ1) is 19.5. The molecular weight excluding hydrogens is 508 g/mol. The number of benzene rings is 2. The van der Waals surface area contributed by atoms with Crippen LogP contribution in [0.2, 0.25) is 0 Å². The van der Waals surface area contributed by atoms with Gasteiger partial charge in [0.25, 0.3) is 0 Å². The maximum Gasteiger partial charge on any atom is 0.247 e. The van der Waals surface area contributed by atoms with Gasteiger partial charge < -0.3 is 29.9 Å². The Bertz CT molecular complexity index is 1180. The van der Waals surface area contributed by atoms with E-state index in [0.717, 1.165) is 49.0 Å². The minimum absolute atomic E-state index is 0.0595. The summed E-state index contributed by atoms with van der Waals surface area (Å²) in [6, 6.07) is 14.4. The lowest BCUT2D eigenvalue weighted by atomic mass is 9.77. The number of hydrogen-bond acceptors (Lipinski definition) is 6. The van der Waals surface area contributed by atoms with E-state index in [9.17, 15) is 19.8 Å². The molecule has 2 aromatic rings. The summed E-state index contributed by atoms with van der Waals surface area (Å²) in [5, 5.41) is 23.8. The molecule has 0 radical (unpaired) electrons. The van der Waals surface area contributed by atoms with E-state index in [-0.39, 0.29) is 25.0 Å². The molecule has 8 nitrogen and oxygen atoms in total. The first-order valence-corrected chi connectivity index (χ1v) is 14.5. The van der Waals surface area contributed by atoms with Crippen LogP contribution in [-0.4, -0.2) is 72.0 Å². The molecule has 216 valence electrons. The Hall–Kier alpha value is -3.36. The predicted molar refractivity (Wildman–Crippen MR) is 153 cm³/mol. The van der Waals surface area contributed by atoms with E-state index >= 15 is 0 Å². The quantitative estimate of drug-likeness (QED) is 0.309. The van der Waals surface area contributed by atoms with Crippen molar-refractivity contribution in [2.24, 2.45) is 0 Å². The Balaban J connectivity index is 1.65. The highest BCUT2D eigenvalue weighted by atomic mass is 16.5. The summed E-state index contributed by atoms with van der Waals surface area (Å²) >= 11 is 0. The topological polar surface area (TPSA) is 108 Å². The highest BCUT2D eigenvalue weighted by molar-refractivity contribution is 5.96. The number of amides is 2. The lowest BCUT2D eigenvalue weighted by molar-refractivity contribution is -0.137. The number of aliphatic hydroxyl groups is 2. The Morgan fingerprint density at radius 2 is 1.80 bits per heavy atom. The van der Waals surface area contributed by atoms with Crippen molar-refractivity contribution >= 4 is 11.8 Å². The summed E-state index contributed by atoms with van der Waals surface area (Å²) in [5.74, 6) is 0.504. The van der Waals surface area contributed by atoms with Crippen LogP contribution in [0.4, 0.5) is 0 Å². The van der Waals surface area contributed by atoms with E-state index in [4.69, 9.17) is 9.47 Å². The van der Waals surface area contributed by atoms with Crippen LogP contribution in [0.15, 0.2) is 60.2 Å². The second-order valence-corrected chi connectivity index (χ2v) is 10.5. The van der Waals surface area contributed by atoms with Crippen LogP contribution in [0.3, 0.4) is 0 Å². The fourth-order valence-electron chi connectivity index (χ4n) is 5.80. The average Bonchev–Trinajstić information content (AvgIpc) is 3.37. The fourth-order valence-corrected chi connectivity index (χ4v) is 5.80. The molecule has 0 spiro atoms. The maximum atomic E-state index is 13.7. The van der Waals surface area contributed by atoms with Crippen LogP contribution >= 0.6 is 0 Å². The minimum Gasteiger partial charge on any atom is -0.496 e. The predicted octanol–water partition coefficient (Wildman–Crippen LogP) is 3.75. The van der Waals surface area contributed by atoms with Crippen LogP contribution in [0, 0.1) is 0 Å². The van der Waals surface area contributed by atoms with Gasteiger partial charge in [-0.15, -0.1) is 0 Å². The molecule has 0 saturated heterocycles. The van der Waals surface area contributed by atoms with Gasteiger partial charge >= 0.3 is 0 Å². The number of methoxy groups -OCH3 is 1. The number of fused-ring (bicyclic) bond motifs is 3. The summed E-state index contributed by atoms with van der Waals surface area (Å²) in [6.45, 7) is 2.43. The standard InChI is InChI=1S/C32H42N2O6/c1-3-4-5-6-7-16-28(36)34(19-17-22-12-8-10-14-26(22)39-2)25-21-24(32(38)33-18-20-35)29-23-13-9-11-15-27(23)40-31(29)30(25)37/h8-15,21,25,29-31,35,37H,3-7,16-20H2,1-2H3,(H,33,38). The number of nitrogens with one attached hydrogen (secondary N) is 1. The molecule has 2 amide bonds. The zero-order chi connectivity index (χ0) is 28.5. The molecule has 4 unspecified atom stereocenters. The number of hydrogen-bond donors (Lipinski definition) is 3. The Kier molecular flexibility index (Phi) is 10.6. The Labute approximate surface area is 237 Å². The molecule has 4 rings (SSSR count). The average molecular weight is 551 g/mol. The van der Waals surface area contributed by atoms with E-state index in [0.29, 0.717) is 30.7 Å². The number of ether oxygens (including phenoxy) is 2. The molecule has 0 fully saturated rings. The second-order valence-electron chi connectivity index (χ2n) is 10.5. The molecule has 0 saturated carbocycles. The molecule has 40 heavy (non-hydrogen) atoms. The van der Waals surface area contributed by atoms with Crippen LogP contribution < -0.4 is 14.8 Å². The molecule has 8 heteroatoms. The van der Waals surface area contributed by atoms with Gasteiger partial charge in [-0.3, -0.25) is 9.59 Å². The summed E-state index contributed by atoms with van der Waals surface area (Å²) in [7, 11) is 1.62. The monoisotopic (exact) mass is 550 g/mol. The molecule has 0 bridgehead atoms. The zero-order valence-corrected chi connectivity index (χ0v) is 23.6. The largest absolute Gasteiger partial charge is 0.496 e. The van der Waals surface area contributed by atoms with E-state index < -0.39 is 24.2 Å². The molecule has 2 aromatic carbocycles. The Morgan fingerprint density at radius 3 is 2.58 bits per heavy atom. The molecule has 0 aromatic heterocycles. The van der Waals surface area contributed by atoms with Crippen molar-refractivity contribution in [3.63, 3.8) is 0 Å². The minimum atomic E-state index is -1.03. The summed E-state index contributed by atoms with van der Waals surface area (Å²) in [5.41, 5.74) is 2.23. The molecule has 3 N–H and O–H groups in total. The highest BCUT2D eigenvalue weighted by Crippen LogP contribution is 2.47. The molecular formula is C32H42N2O6. The van der Waals surface area contributed by atoms with Crippen molar-refractivity contribution in [2.45, 2.75) is 76.0 Å². The van der Waals surface area contributed by atoms with Crippen molar-refractivity contribution < 1.29 is 29.3 Å². The van der Waals surface area contributed by atoms with Gasteiger partial charge in [-0.2, -0.15) is 0 Å². The Morgan fingerprint density at radius 1 is 1.05 bits per heavy atom. The van der Waals surface area contributed by atoms with Gasteiger partial charge in [-0.05, 0) is 36.6 Å². The van der Waals surface area contributed by atoms with Crippen molar-refractivity contribution in [2.75, 3.05) is 26.8 Å². The third-order valence-electron chi connectivity index (χ3n) is 7.87. The molecule has 1 aliphatic heterocycles. The summed E-state index contributed by atoms with van der Waals surface area (Å²) in [6.07, 6.45) is 5.99. The van der Waals surface area contributed by atoms with Crippen molar-refractivity contribution in [3.05, 3.63) is 71.3 Å². The van der Waals surface area contributed by atoms with Gasteiger partial charge in [0, 0.05) is 30.6 Å². The molecule has 1 heterocycles. The molecule has 2 aliphatic rings. The summed E-state index contributed by atoms with van der Waals surface area (Å²) < 4.78 is 11.7. The third-order valence-corrected chi connectivity index (χ3v) is 7.87.